The summed E-state index contributed by atoms with van der Waals surface area (Å²) in [5.41, 5.74) is 13.2. The third-order valence-electron chi connectivity index (χ3n) is 12.0. The van der Waals surface area contributed by atoms with E-state index in [0.29, 0.717) is 6.54 Å². The van der Waals surface area contributed by atoms with E-state index in [2.05, 4.69) is 288 Å². The zero-order chi connectivity index (χ0) is 45.8. The number of hydrogen-bond donors (Lipinski definition) is 0. The maximum atomic E-state index is 3.90. The zero-order valence-corrected chi connectivity index (χ0v) is 38.2. The third kappa shape index (κ3) is 9.50. The number of rotatable bonds is 15. The van der Waals surface area contributed by atoms with Crippen LogP contribution in [0.25, 0.3) is 16.3 Å². The Morgan fingerprint density at radius 1 is 0.537 bits per heavy atom. The summed E-state index contributed by atoms with van der Waals surface area (Å²) in [6.07, 6.45) is 18.2. The van der Waals surface area contributed by atoms with Crippen molar-refractivity contribution in [2.45, 2.75) is 26.3 Å². The summed E-state index contributed by atoms with van der Waals surface area (Å²) in [6.45, 7) is 8.75. The van der Waals surface area contributed by atoms with Gasteiger partial charge in [0.15, 0.2) is 0 Å². The quantitative estimate of drug-likeness (QED) is 0.0578. The van der Waals surface area contributed by atoms with Crippen molar-refractivity contribution >= 4 is 67.5 Å². The van der Waals surface area contributed by atoms with E-state index in [0.717, 1.165) is 85.1 Å². The van der Waals surface area contributed by atoms with Crippen LogP contribution in [0, 0.1) is 18.8 Å². The van der Waals surface area contributed by atoms with E-state index >= 15 is 0 Å². The molecule has 0 aliphatic carbocycles. The molecule has 1 aliphatic rings. The molecule has 1 unspecified atom stereocenters. The van der Waals surface area contributed by atoms with E-state index in [1.54, 1.807) is 0 Å². The minimum atomic E-state index is -0.247. The van der Waals surface area contributed by atoms with E-state index in [1.807, 2.05) is 13.0 Å². The molecule has 1 atom stereocenters. The highest BCUT2D eigenvalue weighted by Crippen LogP contribution is 2.52. The molecule has 67 heavy (non-hydrogen) atoms. The van der Waals surface area contributed by atoms with Gasteiger partial charge in [0.25, 0.3) is 0 Å². The summed E-state index contributed by atoms with van der Waals surface area (Å²) in [7, 11) is 0. The third-order valence-corrected chi connectivity index (χ3v) is 12.0. The van der Waals surface area contributed by atoms with Gasteiger partial charge in [-0.1, -0.05) is 170 Å². The Labute approximate surface area is 396 Å². The minimum absolute atomic E-state index is 0.247. The van der Waals surface area contributed by atoms with Gasteiger partial charge in [0.1, 0.15) is 6.04 Å². The number of nitrogens with zero attached hydrogens (tertiary/aromatic N) is 4. The van der Waals surface area contributed by atoms with Gasteiger partial charge in [-0.05, 0) is 116 Å². The maximum Gasteiger partial charge on any atom is 0.113 e. The Balaban J connectivity index is 1.28. The average molecular weight is 867 g/mol. The highest BCUT2D eigenvalue weighted by molar-refractivity contribution is 6.13. The molecule has 0 radical (unpaired) electrons. The van der Waals surface area contributed by atoms with Crippen LogP contribution >= 0.6 is 0 Å². The molecule has 0 bridgehead atoms. The molecule has 0 N–H and O–H groups in total. The van der Waals surface area contributed by atoms with Gasteiger partial charge in [-0.25, -0.2) is 0 Å². The lowest BCUT2D eigenvalue weighted by atomic mass is 9.94. The van der Waals surface area contributed by atoms with Crippen molar-refractivity contribution in [2.75, 3.05) is 26.1 Å². The van der Waals surface area contributed by atoms with Crippen LogP contribution in [-0.2, 0) is 0 Å². The fourth-order valence-electron chi connectivity index (χ4n) is 8.99. The fraction of sp³-hybridized carbons (Fsp3) is 0.0794. The van der Waals surface area contributed by atoms with E-state index in [1.165, 1.54) is 0 Å². The van der Waals surface area contributed by atoms with Crippen molar-refractivity contribution in [2.24, 2.45) is 0 Å². The van der Waals surface area contributed by atoms with Crippen molar-refractivity contribution in [3.63, 3.8) is 0 Å². The van der Waals surface area contributed by atoms with E-state index in [9.17, 15) is 0 Å². The van der Waals surface area contributed by atoms with Crippen LogP contribution in [0.2, 0.25) is 0 Å². The Bertz CT molecular complexity index is 3030. The number of hydrogen-bond acceptors (Lipinski definition) is 4. The number of anilines is 9. The lowest BCUT2D eigenvalue weighted by Gasteiger charge is -2.39. The van der Waals surface area contributed by atoms with Gasteiger partial charge in [-0.2, -0.15) is 0 Å². The number of fused-ring (bicyclic) bond motifs is 1. The van der Waals surface area contributed by atoms with Crippen LogP contribution in [0.1, 0.15) is 24.5 Å². The minimum Gasteiger partial charge on any atom is -0.335 e. The normalized spacial score (nSPS) is 13.3. The smallest absolute Gasteiger partial charge is 0.113 e. The Kier molecular flexibility index (Phi) is 13.7. The largest absolute Gasteiger partial charge is 0.335 e. The van der Waals surface area contributed by atoms with Gasteiger partial charge in [-0.15, -0.1) is 12.5 Å². The molecule has 326 valence electrons. The van der Waals surface area contributed by atoms with Gasteiger partial charge >= 0.3 is 0 Å². The highest BCUT2D eigenvalue weighted by atomic mass is 15.2. The monoisotopic (exact) mass is 866 g/mol. The SMILES string of the molecule is C=CC/C=C\C=C/CN(c1ccccc1)c1c(N2C=C(c3ccc(N(c4ccccc4)c4ccccc4)cc3)C=CC2C#CC)c(C)c(N(c2ccccc2)c2ccccc2)c2ccccc12. The summed E-state index contributed by atoms with van der Waals surface area (Å²) in [5, 5.41) is 2.28. The molecule has 1 heterocycles. The second-order valence-corrected chi connectivity index (χ2v) is 16.3. The van der Waals surface area contributed by atoms with Crippen LogP contribution in [0.3, 0.4) is 0 Å². The second kappa shape index (κ2) is 21.0. The Morgan fingerprint density at radius 3 is 1.52 bits per heavy atom. The molecular weight excluding hydrogens is 813 g/mol. The van der Waals surface area contributed by atoms with Crippen molar-refractivity contribution in [3.05, 3.63) is 267 Å². The second-order valence-electron chi connectivity index (χ2n) is 16.3. The highest BCUT2D eigenvalue weighted by Gasteiger charge is 2.31. The summed E-state index contributed by atoms with van der Waals surface area (Å²) in [4.78, 5) is 9.59. The molecule has 8 aromatic carbocycles. The molecule has 8 aromatic rings. The molecule has 4 nitrogen and oxygen atoms in total. The van der Waals surface area contributed by atoms with Crippen molar-refractivity contribution in [3.8, 4) is 11.8 Å². The molecule has 0 saturated heterocycles. The molecule has 9 rings (SSSR count). The van der Waals surface area contributed by atoms with Crippen LogP contribution < -0.4 is 19.6 Å². The summed E-state index contributed by atoms with van der Waals surface area (Å²) in [6, 6.07) is 70.8. The lowest BCUT2D eigenvalue weighted by molar-refractivity contribution is 0.939. The number of benzene rings is 8. The molecule has 0 saturated carbocycles. The van der Waals surface area contributed by atoms with Crippen LogP contribution in [0.15, 0.2) is 256 Å². The summed E-state index contributed by atoms with van der Waals surface area (Å²) < 4.78 is 0. The van der Waals surface area contributed by atoms with Crippen molar-refractivity contribution < 1.29 is 0 Å². The summed E-state index contributed by atoms with van der Waals surface area (Å²) >= 11 is 0. The molecule has 0 aromatic heterocycles. The van der Waals surface area contributed by atoms with E-state index in [4.69, 9.17) is 0 Å². The van der Waals surface area contributed by atoms with Crippen LogP contribution in [0.5, 0.6) is 0 Å². The van der Waals surface area contributed by atoms with Gasteiger partial charge < -0.3 is 19.6 Å². The van der Waals surface area contributed by atoms with Crippen LogP contribution in [0.4, 0.5) is 51.2 Å². The first-order valence-electron chi connectivity index (χ1n) is 23.0. The van der Waals surface area contributed by atoms with Gasteiger partial charge in [-0.3, -0.25) is 0 Å². The lowest BCUT2D eigenvalue weighted by Crippen LogP contribution is -2.33. The first kappa shape index (κ1) is 43.7. The Hall–Kier alpha value is -8.52. The molecule has 0 fully saturated rings. The van der Waals surface area contributed by atoms with Gasteiger partial charge in [0, 0.05) is 57.6 Å². The average Bonchev–Trinajstić information content (AvgIpc) is 3.39. The molecular formula is C63H54N4. The standard InChI is InChI=1S/C63H54N4/c1-4-6-7-8-9-27-47-64(53-29-15-10-16-30-53)63-60-40-26-25-39-59(60)61(67(56-35-21-13-22-36-56)57-37-23-14-24-38-57)49(3)62(63)65-48-51(43-44-52(65)28-5-2)50-41-45-58(46-42-50)66(54-31-17-11-18-32-54)55-33-19-12-20-34-55/h4,7-27,29-46,48,52H,1,6,47H2,2-3H3/b8-7-,27-9-. The molecule has 1 aliphatic heterocycles. The maximum absolute atomic E-state index is 3.90. The van der Waals surface area contributed by atoms with E-state index in [-0.39, 0.29) is 6.04 Å². The Morgan fingerprint density at radius 2 is 1.00 bits per heavy atom. The molecule has 0 amide bonds. The number of allylic oxidation sites excluding steroid dienone is 6. The number of para-hydroxylation sites is 5. The van der Waals surface area contributed by atoms with E-state index < -0.39 is 0 Å². The molecule has 0 spiro atoms. The zero-order valence-electron chi connectivity index (χ0n) is 38.2. The first-order chi connectivity index (χ1) is 33.1. The van der Waals surface area contributed by atoms with Crippen molar-refractivity contribution in [1.82, 2.24) is 0 Å². The summed E-state index contributed by atoms with van der Waals surface area (Å²) in [5.74, 6) is 6.91. The predicted molar refractivity (Wildman–Crippen MR) is 288 cm³/mol. The fourth-order valence-corrected chi connectivity index (χ4v) is 8.99. The van der Waals surface area contributed by atoms with Crippen LogP contribution in [-0.4, -0.2) is 12.6 Å². The van der Waals surface area contributed by atoms with Gasteiger partial charge in [0.2, 0.25) is 0 Å². The van der Waals surface area contributed by atoms with Gasteiger partial charge in [0.05, 0.1) is 17.1 Å². The molecule has 4 heteroatoms. The topological polar surface area (TPSA) is 13.0 Å². The first-order valence-corrected chi connectivity index (χ1v) is 23.0. The van der Waals surface area contributed by atoms with Crippen molar-refractivity contribution in [1.29, 1.82) is 0 Å². The predicted octanol–water partition coefficient (Wildman–Crippen LogP) is 16.7.